The molecule has 0 bridgehead atoms. The summed E-state index contributed by atoms with van der Waals surface area (Å²) in [4.78, 5) is 24.9. The van der Waals surface area contributed by atoms with Crippen molar-refractivity contribution in [3.63, 3.8) is 0 Å². The zero-order chi connectivity index (χ0) is 27.9. The molecule has 4 aromatic heterocycles. The molecule has 5 aromatic rings. The van der Waals surface area contributed by atoms with Crippen LogP contribution in [0.1, 0.15) is 47.8 Å². The van der Waals surface area contributed by atoms with Crippen LogP contribution in [-0.4, -0.2) is 67.6 Å². The van der Waals surface area contributed by atoms with Gasteiger partial charge in [0.1, 0.15) is 5.65 Å². The third-order valence-corrected chi connectivity index (χ3v) is 8.36. The molecule has 1 amide bonds. The number of carbonyl (C=O) groups excluding carboxylic acids is 1. The standard InChI is InChI=1S/C31H33N7O3/c1-36(18-20-6-3-2-4-7-20)26-16-25(35-38-27(17-33-30(26)38)31(40)34-24-9-10-28(24)39)23-19-37(21-11-14-41-15-12-21)29-22(23)8-5-13-32-29/h2-8,13,16-17,19,21,24,28,39H,9-12,14-15,18H2,1H3,(H,34,40)/t24-,28+/m0/s1. The van der Waals surface area contributed by atoms with Crippen molar-refractivity contribution in [1.29, 1.82) is 0 Å². The van der Waals surface area contributed by atoms with Crippen LogP contribution in [0.3, 0.4) is 0 Å². The summed E-state index contributed by atoms with van der Waals surface area (Å²) in [5, 5.41) is 19.0. The first-order chi connectivity index (χ1) is 20.1. The second-order valence-electron chi connectivity index (χ2n) is 11.0. The molecule has 41 heavy (non-hydrogen) atoms. The van der Waals surface area contributed by atoms with Gasteiger partial charge in [-0.15, -0.1) is 0 Å². The minimum atomic E-state index is -0.516. The Balaban J connectivity index is 1.36. The maximum absolute atomic E-state index is 13.3. The van der Waals surface area contributed by atoms with Crippen LogP contribution in [-0.2, 0) is 11.3 Å². The summed E-state index contributed by atoms with van der Waals surface area (Å²) in [5.74, 6) is -0.297. The molecule has 1 saturated heterocycles. The summed E-state index contributed by atoms with van der Waals surface area (Å²) in [6.07, 6.45) is 8.32. The summed E-state index contributed by atoms with van der Waals surface area (Å²) >= 11 is 0. The number of pyridine rings is 1. The summed E-state index contributed by atoms with van der Waals surface area (Å²) in [5.41, 5.74) is 5.54. The van der Waals surface area contributed by atoms with E-state index in [2.05, 4.69) is 50.2 Å². The second kappa shape index (κ2) is 10.6. The van der Waals surface area contributed by atoms with Gasteiger partial charge in [-0.05, 0) is 49.4 Å². The molecule has 1 aliphatic carbocycles. The first-order valence-corrected chi connectivity index (χ1v) is 14.2. The molecular weight excluding hydrogens is 518 g/mol. The fourth-order valence-electron chi connectivity index (χ4n) is 5.88. The minimum absolute atomic E-state index is 0.250. The van der Waals surface area contributed by atoms with E-state index in [1.807, 2.05) is 37.5 Å². The number of nitrogens with zero attached hydrogens (tertiary/aromatic N) is 6. The molecule has 10 heteroatoms. The lowest BCUT2D eigenvalue weighted by atomic mass is 9.89. The van der Waals surface area contributed by atoms with Gasteiger partial charge >= 0.3 is 0 Å². The number of anilines is 1. The Hall–Kier alpha value is -4.28. The van der Waals surface area contributed by atoms with Crippen LogP contribution in [0.4, 0.5) is 5.69 Å². The number of fused-ring (bicyclic) bond motifs is 2. The van der Waals surface area contributed by atoms with Gasteiger partial charge in [-0.1, -0.05) is 30.3 Å². The van der Waals surface area contributed by atoms with Crippen molar-refractivity contribution in [1.82, 2.24) is 29.5 Å². The lowest BCUT2D eigenvalue weighted by molar-refractivity contribution is 0.0445. The van der Waals surface area contributed by atoms with Crippen LogP contribution in [0.2, 0.25) is 0 Å². The van der Waals surface area contributed by atoms with Crippen LogP contribution >= 0.6 is 0 Å². The smallest absolute Gasteiger partial charge is 0.271 e. The number of imidazole rings is 1. The van der Waals surface area contributed by atoms with Crippen molar-refractivity contribution in [2.45, 2.75) is 50.4 Å². The molecule has 1 aliphatic heterocycles. The maximum Gasteiger partial charge on any atom is 0.271 e. The van der Waals surface area contributed by atoms with Crippen molar-refractivity contribution in [2.75, 3.05) is 25.2 Å². The van der Waals surface area contributed by atoms with Crippen molar-refractivity contribution in [3.05, 3.63) is 78.4 Å². The minimum Gasteiger partial charge on any atom is -0.391 e. The number of ether oxygens (including phenoxy) is 1. The van der Waals surface area contributed by atoms with Gasteiger partial charge in [-0.3, -0.25) is 4.79 Å². The van der Waals surface area contributed by atoms with E-state index in [4.69, 9.17) is 14.8 Å². The van der Waals surface area contributed by atoms with E-state index in [0.717, 1.165) is 66.0 Å². The van der Waals surface area contributed by atoms with Crippen molar-refractivity contribution in [2.24, 2.45) is 0 Å². The third kappa shape index (κ3) is 4.72. The fourth-order valence-corrected chi connectivity index (χ4v) is 5.88. The fraction of sp³-hybridized carbons (Fsp3) is 0.355. The molecule has 0 unspecified atom stereocenters. The molecule has 7 rings (SSSR count). The van der Waals surface area contributed by atoms with Crippen molar-refractivity contribution in [3.8, 4) is 11.3 Å². The van der Waals surface area contributed by atoms with E-state index in [0.29, 0.717) is 30.3 Å². The van der Waals surface area contributed by atoms with Gasteiger partial charge in [0.25, 0.3) is 5.91 Å². The summed E-state index contributed by atoms with van der Waals surface area (Å²) in [6, 6.07) is 16.4. The number of benzene rings is 1. The Morgan fingerprint density at radius 1 is 1.07 bits per heavy atom. The number of nitrogens with one attached hydrogen (secondary N) is 1. The zero-order valence-corrected chi connectivity index (χ0v) is 23.0. The van der Waals surface area contributed by atoms with Gasteiger partial charge < -0.3 is 24.6 Å². The van der Waals surface area contributed by atoms with Crippen LogP contribution in [0, 0.1) is 0 Å². The van der Waals surface area contributed by atoms with E-state index in [9.17, 15) is 9.90 Å². The molecular formula is C31H33N7O3. The molecule has 2 fully saturated rings. The Labute approximate surface area is 237 Å². The number of rotatable bonds is 7. The highest BCUT2D eigenvalue weighted by molar-refractivity contribution is 5.96. The Kier molecular flexibility index (Phi) is 6.64. The molecule has 2 aliphatic rings. The molecule has 2 N–H and O–H groups in total. The normalized spacial score (nSPS) is 19.4. The number of aromatic nitrogens is 5. The predicted molar refractivity (Wildman–Crippen MR) is 156 cm³/mol. The van der Waals surface area contributed by atoms with Crippen LogP contribution in [0.25, 0.3) is 27.9 Å². The van der Waals surface area contributed by atoms with Gasteiger partial charge in [-0.2, -0.15) is 5.10 Å². The SMILES string of the molecule is CN(Cc1ccccc1)c1cc(-c2cn(C3CCOCC3)c3ncccc23)nn2c(C(=O)N[C@H]3CC[C@H]3O)cnc12. The zero-order valence-electron chi connectivity index (χ0n) is 23.0. The monoisotopic (exact) mass is 551 g/mol. The van der Waals surface area contributed by atoms with Crippen molar-refractivity contribution >= 4 is 28.3 Å². The number of aliphatic hydroxyl groups excluding tert-OH is 1. The number of amides is 1. The molecule has 210 valence electrons. The van der Waals surface area contributed by atoms with Crippen LogP contribution in [0.5, 0.6) is 0 Å². The average molecular weight is 552 g/mol. The third-order valence-electron chi connectivity index (χ3n) is 8.36. The van der Waals surface area contributed by atoms with Gasteiger partial charge in [0.05, 0.1) is 29.7 Å². The number of hydrogen-bond acceptors (Lipinski definition) is 7. The number of aliphatic hydroxyl groups is 1. The Morgan fingerprint density at radius 3 is 2.66 bits per heavy atom. The topological polar surface area (TPSA) is 110 Å². The second-order valence-corrected chi connectivity index (χ2v) is 11.0. The lowest BCUT2D eigenvalue weighted by Gasteiger charge is -2.32. The maximum atomic E-state index is 13.3. The highest BCUT2D eigenvalue weighted by Crippen LogP contribution is 2.36. The van der Waals surface area contributed by atoms with Crippen molar-refractivity contribution < 1.29 is 14.6 Å². The average Bonchev–Trinajstić information content (AvgIpc) is 3.62. The summed E-state index contributed by atoms with van der Waals surface area (Å²) < 4.78 is 9.52. The highest BCUT2D eigenvalue weighted by atomic mass is 16.5. The van der Waals surface area contributed by atoms with Gasteiger partial charge in [0.2, 0.25) is 0 Å². The quantitative estimate of drug-likeness (QED) is 0.315. The van der Waals surface area contributed by atoms with Crippen LogP contribution in [0.15, 0.2) is 67.1 Å². The molecule has 1 saturated carbocycles. The molecule has 2 atom stereocenters. The molecule has 5 heterocycles. The molecule has 0 spiro atoms. The van der Waals surface area contributed by atoms with Gasteiger partial charge in [0, 0.05) is 56.2 Å². The van der Waals surface area contributed by atoms with Gasteiger partial charge in [0.15, 0.2) is 11.3 Å². The lowest BCUT2D eigenvalue weighted by Crippen LogP contribution is -2.50. The first-order valence-electron chi connectivity index (χ1n) is 14.2. The number of hydrogen-bond donors (Lipinski definition) is 2. The van der Waals surface area contributed by atoms with E-state index in [1.54, 1.807) is 10.7 Å². The summed E-state index contributed by atoms with van der Waals surface area (Å²) in [6.45, 7) is 2.12. The molecule has 1 aromatic carbocycles. The Bertz CT molecular complexity index is 1710. The predicted octanol–water partition coefficient (Wildman–Crippen LogP) is 3.99. The summed E-state index contributed by atoms with van der Waals surface area (Å²) in [7, 11) is 2.03. The number of carbonyl (C=O) groups is 1. The Morgan fingerprint density at radius 2 is 1.90 bits per heavy atom. The molecule has 0 radical (unpaired) electrons. The van der Waals surface area contributed by atoms with E-state index in [1.165, 1.54) is 0 Å². The molecule has 10 nitrogen and oxygen atoms in total. The van der Waals surface area contributed by atoms with E-state index < -0.39 is 6.10 Å². The van der Waals surface area contributed by atoms with Gasteiger partial charge in [-0.25, -0.2) is 14.5 Å². The van der Waals surface area contributed by atoms with E-state index >= 15 is 0 Å². The van der Waals surface area contributed by atoms with E-state index in [-0.39, 0.29) is 11.9 Å². The van der Waals surface area contributed by atoms with Crippen LogP contribution < -0.4 is 10.2 Å². The first kappa shape index (κ1) is 25.7. The largest absolute Gasteiger partial charge is 0.391 e. The highest BCUT2D eigenvalue weighted by Gasteiger charge is 2.31.